The van der Waals surface area contributed by atoms with E-state index in [1.54, 1.807) is 74.5 Å². The van der Waals surface area contributed by atoms with Crippen molar-refractivity contribution in [3.8, 4) is 0 Å². The SMILES string of the molecule is CC(C)C[C@H](NC(=O)[C@@H](N)CCCCN)C(=O)N[C@H](C(=O)N[C@@H](Cc1ccccc1)C(=O)N[C@@H](Cc1ccccc1)C(=O)N[C@@H](C)C(=O)N[C@@H](CCC(=O)O)C(=O)O)C(C)C.O=C(O)C(F)(F)F. The molecule has 68 heavy (non-hydrogen) atoms. The number of hydrogen-bond acceptors (Lipinski definition) is 11. The summed E-state index contributed by atoms with van der Waals surface area (Å²) in [5.74, 6) is -10.2. The number of unbranched alkanes of at least 4 members (excludes halogenated alkanes) is 1. The van der Waals surface area contributed by atoms with E-state index in [-0.39, 0.29) is 31.6 Å². The molecular formula is C45H65F3N8O12. The molecule has 2 aromatic rings. The summed E-state index contributed by atoms with van der Waals surface area (Å²) < 4.78 is 31.7. The van der Waals surface area contributed by atoms with E-state index < -0.39 is 114 Å². The highest BCUT2D eigenvalue weighted by atomic mass is 19.4. The highest BCUT2D eigenvalue weighted by molar-refractivity contribution is 5.97. The second-order valence-corrected chi connectivity index (χ2v) is 16.7. The summed E-state index contributed by atoms with van der Waals surface area (Å²) in [5, 5.41) is 41.3. The molecule has 0 aliphatic rings. The largest absolute Gasteiger partial charge is 0.490 e. The summed E-state index contributed by atoms with van der Waals surface area (Å²) >= 11 is 0. The molecule has 0 aliphatic heterocycles. The quantitative estimate of drug-likeness (QED) is 0.0560. The van der Waals surface area contributed by atoms with E-state index in [1.165, 1.54) is 6.92 Å². The fourth-order valence-electron chi connectivity index (χ4n) is 6.26. The first kappa shape index (κ1) is 59.4. The Kier molecular flexibility index (Phi) is 26.1. The van der Waals surface area contributed by atoms with Gasteiger partial charge in [-0.2, -0.15) is 13.2 Å². The van der Waals surface area contributed by atoms with Crippen LogP contribution >= 0.6 is 0 Å². The van der Waals surface area contributed by atoms with Gasteiger partial charge in [-0.3, -0.25) is 33.6 Å². The van der Waals surface area contributed by atoms with Gasteiger partial charge in [-0.25, -0.2) is 9.59 Å². The summed E-state index contributed by atoms with van der Waals surface area (Å²) in [6.45, 7) is 8.95. The number of carboxylic acid groups (broad SMARTS) is 3. The zero-order valence-corrected chi connectivity index (χ0v) is 38.6. The second-order valence-electron chi connectivity index (χ2n) is 16.7. The van der Waals surface area contributed by atoms with Crippen molar-refractivity contribution >= 4 is 53.4 Å². The van der Waals surface area contributed by atoms with Crippen molar-refractivity contribution < 1.29 is 71.6 Å². The molecule has 2 aromatic carbocycles. The van der Waals surface area contributed by atoms with Crippen LogP contribution in [0.25, 0.3) is 0 Å². The Bertz CT molecular complexity index is 1980. The maximum atomic E-state index is 14.2. The first-order valence-corrected chi connectivity index (χ1v) is 21.9. The summed E-state index contributed by atoms with van der Waals surface area (Å²) in [7, 11) is 0. The number of alkyl halides is 3. The zero-order valence-electron chi connectivity index (χ0n) is 38.6. The lowest BCUT2D eigenvalue weighted by Gasteiger charge is -2.29. The van der Waals surface area contributed by atoms with E-state index in [0.29, 0.717) is 36.9 Å². The van der Waals surface area contributed by atoms with Gasteiger partial charge in [0, 0.05) is 19.3 Å². The van der Waals surface area contributed by atoms with E-state index in [1.807, 2.05) is 13.8 Å². The van der Waals surface area contributed by atoms with Gasteiger partial charge >= 0.3 is 24.1 Å². The van der Waals surface area contributed by atoms with Crippen molar-refractivity contribution in [1.82, 2.24) is 31.9 Å². The molecule has 13 N–H and O–H groups in total. The summed E-state index contributed by atoms with van der Waals surface area (Å²) in [6.07, 6.45) is -4.08. The van der Waals surface area contributed by atoms with Crippen molar-refractivity contribution in [3.05, 3.63) is 71.8 Å². The number of carboxylic acids is 3. The van der Waals surface area contributed by atoms with Gasteiger partial charge in [0.2, 0.25) is 35.4 Å². The van der Waals surface area contributed by atoms with E-state index >= 15 is 0 Å². The molecule has 23 heteroatoms. The molecule has 2 rings (SSSR count). The first-order chi connectivity index (χ1) is 31.8. The fourth-order valence-corrected chi connectivity index (χ4v) is 6.26. The Morgan fingerprint density at radius 2 is 1.01 bits per heavy atom. The van der Waals surface area contributed by atoms with Crippen LogP contribution in [0.2, 0.25) is 0 Å². The molecule has 6 amide bonds. The molecule has 7 atom stereocenters. The number of nitrogens with two attached hydrogens (primary N) is 2. The van der Waals surface area contributed by atoms with Gasteiger partial charge in [0.15, 0.2) is 0 Å². The molecule has 0 spiro atoms. The van der Waals surface area contributed by atoms with Crippen molar-refractivity contribution in [2.24, 2.45) is 23.3 Å². The summed E-state index contributed by atoms with van der Waals surface area (Å²) in [4.78, 5) is 113. The number of aliphatic carboxylic acids is 3. The van der Waals surface area contributed by atoms with E-state index in [2.05, 4.69) is 31.9 Å². The lowest BCUT2D eigenvalue weighted by molar-refractivity contribution is -0.192. The number of amides is 6. The van der Waals surface area contributed by atoms with Crippen molar-refractivity contribution in [3.63, 3.8) is 0 Å². The number of nitrogens with one attached hydrogen (secondary N) is 6. The topological polar surface area (TPSA) is 339 Å². The van der Waals surface area contributed by atoms with Crippen molar-refractivity contribution in [2.45, 2.75) is 134 Å². The smallest absolute Gasteiger partial charge is 0.481 e. The molecule has 0 aromatic heterocycles. The minimum absolute atomic E-state index is 0.0151. The molecule has 0 saturated carbocycles. The van der Waals surface area contributed by atoms with Gasteiger partial charge in [-0.05, 0) is 62.1 Å². The van der Waals surface area contributed by atoms with Crippen molar-refractivity contribution in [2.75, 3.05) is 6.54 Å². The lowest BCUT2D eigenvalue weighted by Crippen LogP contribution is -2.61. The third-order valence-corrected chi connectivity index (χ3v) is 9.98. The van der Waals surface area contributed by atoms with Crippen LogP contribution in [0.5, 0.6) is 0 Å². The predicted molar refractivity (Wildman–Crippen MR) is 241 cm³/mol. The Morgan fingerprint density at radius 3 is 1.44 bits per heavy atom. The van der Waals surface area contributed by atoms with Gasteiger partial charge < -0.3 is 58.7 Å². The molecule has 0 unspecified atom stereocenters. The number of halogens is 3. The van der Waals surface area contributed by atoms with Crippen LogP contribution in [0.3, 0.4) is 0 Å². The normalized spacial score (nSPS) is 14.2. The second kappa shape index (κ2) is 29.9. The van der Waals surface area contributed by atoms with Gasteiger partial charge in [0.1, 0.15) is 36.3 Å². The maximum Gasteiger partial charge on any atom is 0.490 e. The predicted octanol–water partition coefficient (Wildman–Crippen LogP) is 1.14. The minimum Gasteiger partial charge on any atom is -0.481 e. The monoisotopic (exact) mass is 966 g/mol. The van der Waals surface area contributed by atoms with Crippen LogP contribution < -0.4 is 43.4 Å². The van der Waals surface area contributed by atoms with Crippen LogP contribution in [0.15, 0.2) is 60.7 Å². The average molecular weight is 967 g/mol. The highest BCUT2D eigenvalue weighted by Gasteiger charge is 2.38. The van der Waals surface area contributed by atoms with Gasteiger partial charge in [-0.1, -0.05) is 94.8 Å². The molecule has 0 fully saturated rings. The zero-order chi connectivity index (χ0) is 51.7. The van der Waals surface area contributed by atoms with Crippen LogP contribution in [-0.4, -0.2) is 124 Å². The van der Waals surface area contributed by atoms with Crippen LogP contribution in [-0.2, 0) is 56.0 Å². The van der Waals surface area contributed by atoms with Crippen LogP contribution in [0.1, 0.15) is 84.3 Å². The Hall–Kier alpha value is -6.62. The fraction of sp³-hybridized carbons (Fsp3) is 0.533. The molecule has 0 aliphatic carbocycles. The summed E-state index contributed by atoms with van der Waals surface area (Å²) in [6, 6.07) is 9.06. The van der Waals surface area contributed by atoms with E-state index in [9.17, 15) is 56.6 Å². The molecule has 0 saturated heterocycles. The maximum absolute atomic E-state index is 14.2. The van der Waals surface area contributed by atoms with Crippen molar-refractivity contribution in [1.29, 1.82) is 0 Å². The molecular weight excluding hydrogens is 902 g/mol. The molecule has 20 nitrogen and oxygen atoms in total. The Balaban J connectivity index is 0.00000304. The molecule has 0 radical (unpaired) electrons. The van der Waals surface area contributed by atoms with E-state index in [0.717, 1.165) is 0 Å². The number of rotatable bonds is 27. The number of carbonyl (C=O) groups excluding carboxylic acids is 6. The number of benzene rings is 2. The minimum atomic E-state index is -5.08. The van der Waals surface area contributed by atoms with Crippen LogP contribution in [0.4, 0.5) is 13.2 Å². The van der Waals surface area contributed by atoms with E-state index in [4.69, 9.17) is 26.5 Å². The first-order valence-electron chi connectivity index (χ1n) is 21.9. The lowest BCUT2D eigenvalue weighted by atomic mass is 9.98. The van der Waals surface area contributed by atoms with Gasteiger partial charge in [0.05, 0.1) is 6.04 Å². The van der Waals surface area contributed by atoms with Crippen LogP contribution in [0, 0.1) is 11.8 Å². The van der Waals surface area contributed by atoms with Gasteiger partial charge in [0.25, 0.3) is 0 Å². The standard InChI is InChI=1S/C43H64N8O10.C2HF3O2/c1-25(2)22-32(48-38(55)30(45)18-12-13-21-44)41(58)51-36(26(3)4)42(59)50-34(24-29-16-10-7-11-17-29)40(57)49-33(23-28-14-8-6-9-15-28)39(56)46-27(5)37(54)47-31(43(60)61)19-20-35(52)53;3-2(4,5)1(6)7/h6-11,14-17,25-27,30-34,36H,12-13,18-24,44-45H2,1-5H3,(H,46,56)(H,47,54)(H,48,55)(H,49,57)(H,50,59)(H,51,58)(H,52,53)(H,60,61);(H,6,7)/t27-,30-,31-,32-,33-,34-,36-;/m0./s1. The summed E-state index contributed by atoms with van der Waals surface area (Å²) in [5.41, 5.74) is 13.0. The number of carbonyl (C=O) groups is 9. The Morgan fingerprint density at radius 1 is 0.574 bits per heavy atom. The molecule has 378 valence electrons. The third-order valence-electron chi connectivity index (χ3n) is 9.98. The Labute approximate surface area is 392 Å². The number of hydrogen-bond donors (Lipinski definition) is 11. The third kappa shape index (κ3) is 23.2. The molecule has 0 heterocycles. The average Bonchev–Trinajstić information content (AvgIpc) is 3.26. The highest BCUT2D eigenvalue weighted by Crippen LogP contribution is 2.14. The van der Waals surface area contributed by atoms with Gasteiger partial charge in [-0.15, -0.1) is 0 Å². The molecule has 0 bridgehead atoms.